The summed E-state index contributed by atoms with van der Waals surface area (Å²) in [5.74, 6) is -0.857. The Morgan fingerprint density at radius 2 is 0.500 bits per heavy atom. The van der Waals surface area contributed by atoms with Gasteiger partial charge in [0.1, 0.15) is 13.2 Å². The quantitative estimate of drug-likeness (QED) is 0.0262. The van der Waals surface area contributed by atoms with E-state index in [-0.39, 0.29) is 31.1 Å². The predicted molar refractivity (Wildman–Crippen MR) is 284 cm³/mol. The van der Waals surface area contributed by atoms with Crippen molar-refractivity contribution in [1.29, 1.82) is 0 Å². The smallest absolute Gasteiger partial charge is 0.306 e. The molecule has 0 fully saturated rings. The van der Waals surface area contributed by atoms with Crippen LogP contribution in [0.2, 0.25) is 0 Å². The number of unbranched alkanes of at least 4 members (excludes halogenated alkanes) is 42. The number of rotatable bonds is 55. The second-order valence-electron chi connectivity index (χ2n) is 20.3. The fraction of sp³-hybridized carbons (Fsp3) is 0.917. The summed E-state index contributed by atoms with van der Waals surface area (Å²) in [4.78, 5) is 37.8. The highest BCUT2D eigenvalue weighted by Crippen LogP contribution is 2.17. The first-order valence-electron chi connectivity index (χ1n) is 29.7. The van der Waals surface area contributed by atoms with Crippen molar-refractivity contribution in [1.82, 2.24) is 0 Å². The summed E-state index contributed by atoms with van der Waals surface area (Å²) < 4.78 is 16.7. The van der Waals surface area contributed by atoms with Crippen LogP contribution in [-0.4, -0.2) is 37.2 Å². The molecule has 0 radical (unpaired) electrons. The van der Waals surface area contributed by atoms with E-state index in [1.165, 1.54) is 231 Å². The first-order valence-corrected chi connectivity index (χ1v) is 29.7. The molecule has 0 aliphatic heterocycles. The van der Waals surface area contributed by atoms with E-state index in [0.717, 1.165) is 64.2 Å². The van der Waals surface area contributed by atoms with Crippen molar-refractivity contribution in [3.05, 3.63) is 12.2 Å². The molecule has 0 aromatic rings. The molecule has 66 heavy (non-hydrogen) atoms. The van der Waals surface area contributed by atoms with Crippen LogP contribution in [-0.2, 0) is 28.6 Å². The fourth-order valence-corrected chi connectivity index (χ4v) is 9.03. The molecule has 0 aliphatic carbocycles. The second kappa shape index (κ2) is 55.7. The van der Waals surface area contributed by atoms with Gasteiger partial charge in [0.15, 0.2) is 6.10 Å². The summed E-state index contributed by atoms with van der Waals surface area (Å²) in [5.41, 5.74) is 0. The van der Waals surface area contributed by atoms with E-state index in [0.29, 0.717) is 19.3 Å². The maximum Gasteiger partial charge on any atom is 0.306 e. The third-order valence-corrected chi connectivity index (χ3v) is 13.5. The molecule has 0 aliphatic rings. The van der Waals surface area contributed by atoms with E-state index >= 15 is 0 Å². The molecule has 0 amide bonds. The summed E-state index contributed by atoms with van der Waals surface area (Å²) in [6.45, 7) is 6.61. The molecule has 0 rings (SSSR count). The molecule has 1 atom stereocenters. The van der Waals surface area contributed by atoms with E-state index in [1.807, 2.05) is 0 Å². The van der Waals surface area contributed by atoms with Gasteiger partial charge >= 0.3 is 17.9 Å². The molecule has 0 saturated heterocycles. The molecule has 6 nitrogen and oxygen atoms in total. The summed E-state index contributed by atoms with van der Waals surface area (Å²) in [5, 5.41) is 0. The van der Waals surface area contributed by atoms with Crippen molar-refractivity contribution in [3.63, 3.8) is 0 Å². The Labute approximate surface area is 411 Å². The summed E-state index contributed by atoms with van der Waals surface area (Å²) in [6.07, 6.45) is 64.1. The Morgan fingerprint density at radius 1 is 0.288 bits per heavy atom. The molecule has 0 saturated carbocycles. The molecule has 1 unspecified atom stereocenters. The van der Waals surface area contributed by atoms with Crippen LogP contribution < -0.4 is 0 Å². The number of allylic oxidation sites excluding steroid dienone is 2. The molecule has 0 aromatic carbocycles. The van der Waals surface area contributed by atoms with Crippen LogP contribution in [0.5, 0.6) is 0 Å². The van der Waals surface area contributed by atoms with Crippen molar-refractivity contribution in [2.24, 2.45) is 0 Å². The van der Waals surface area contributed by atoms with Crippen LogP contribution in [0.25, 0.3) is 0 Å². The van der Waals surface area contributed by atoms with Crippen molar-refractivity contribution >= 4 is 17.9 Å². The lowest BCUT2D eigenvalue weighted by atomic mass is 10.0. The van der Waals surface area contributed by atoms with Crippen molar-refractivity contribution in [3.8, 4) is 0 Å². The zero-order chi connectivity index (χ0) is 47.9. The largest absolute Gasteiger partial charge is 0.462 e. The number of ether oxygens (including phenoxy) is 3. The molecule has 0 heterocycles. The number of hydrogen-bond donors (Lipinski definition) is 0. The minimum Gasteiger partial charge on any atom is -0.462 e. The summed E-state index contributed by atoms with van der Waals surface area (Å²) in [7, 11) is 0. The monoisotopic (exact) mass is 931 g/mol. The average molecular weight is 932 g/mol. The third-order valence-electron chi connectivity index (χ3n) is 13.5. The molecule has 0 bridgehead atoms. The lowest BCUT2D eigenvalue weighted by Crippen LogP contribution is -2.30. The van der Waals surface area contributed by atoms with Gasteiger partial charge in [-0.1, -0.05) is 283 Å². The van der Waals surface area contributed by atoms with Gasteiger partial charge in [0.25, 0.3) is 0 Å². The summed E-state index contributed by atoms with van der Waals surface area (Å²) in [6, 6.07) is 0. The second-order valence-corrected chi connectivity index (χ2v) is 20.3. The molecule has 6 heteroatoms. The van der Waals surface area contributed by atoms with Crippen LogP contribution in [0.3, 0.4) is 0 Å². The van der Waals surface area contributed by atoms with E-state index in [4.69, 9.17) is 14.2 Å². The van der Waals surface area contributed by atoms with Gasteiger partial charge in [-0.3, -0.25) is 14.4 Å². The van der Waals surface area contributed by atoms with Gasteiger partial charge in [0.05, 0.1) is 0 Å². The first-order chi connectivity index (χ1) is 32.5. The van der Waals surface area contributed by atoms with Crippen molar-refractivity contribution < 1.29 is 28.6 Å². The molecule has 0 spiro atoms. The van der Waals surface area contributed by atoms with Crippen LogP contribution in [0.1, 0.15) is 335 Å². The minimum atomic E-state index is -0.761. The van der Waals surface area contributed by atoms with Gasteiger partial charge in [-0.15, -0.1) is 0 Å². The lowest BCUT2D eigenvalue weighted by Gasteiger charge is -2.18. The number of carbonyl (C=O) groups is 3. The Balaban J connectivity index is 3.96. The van der Waals surface area contributed by atoms with Gasteiger partial charge in [-0.25, -0.2) is 0 Å². The SMILES string of the molecule is CCCCCCCCCC/C=C\CCCCCCCCCCCCCCCCCC(=O)OCC(COC(=O)CCCCCCC)OC(=O)CCCCCCCCCCCCCCCCCC. The van der Waals surface area contributed by atoms with Crippen LogP contribution in [0.15, 0.2) is 12.2 Å². The van der Waals surface area contributed by atoms with Gasteiger partial charge in [0, 0.05) is 19.3 Å². The highest BCUT2D eigenvalue weighted by Gasteiger charge is 2.19. The Bertz CT molecular complexity index is 1020. The Hall–Kier alpha value is -1.85. The number of hydrogen-bond acceptors (Lipinski definition) is 6. The Morgan fingerprint density at radius 3 is 0.758 bits per heavy atom. The van der Waals surface area contributed by atoms with Gasteiger partial charge in [0.2, 0.25) is 0 Å². The first kappa shape index (κ1) is 64.2. The standard InChI is InChI=1S/C60H114O6/c1-4-7-10-13-15-17-19-21-23-25-26-27-28-29-30-31-32-33-34-35-37-38-40-42-44-47-50-53-59(62)65-56-57(55-64-58(61)52-49-46-12-9-6-3)66-60(63)54-51-48-45-43-41-39-36-24-22-20-18-16-14-11-8-5-2/h25-26,57H,4-24,27-56H2,1-3H3/b26-25-. The van der Waals surface area contributed by atoms with Gasteiger partial charge in [-0.2, -0.15) is 0 Å². The fourth-order valence-electron chi connectivity index (χ4n) is 9.03. The van der Waals surface area contributed by atoms with E-state index in [2.05, 4.69) is 32.9 Å². The molecular formula is C60H114O6. The van der Waals surface area contributed by atoms with Crippen molar-refractivity contribution in [2.75, 3.05) is 13.2 Å². The van der Waals surface area contributed by atoms with Gasteiger partial charge in [-0.05, 0) is 44.9 Å². The zero-order valence-electron chi connectivity index (χ0n) is 44.7. The Kier molecular flexibility index (Phi) is 54.2. The van der Waals surface area contributed by atoms with E-state index in [9.17, 15) is 14.4 Å². The van der Waals surface area contributed by atoms with E-state index in [1.54, 1.807) is 0 Å². The maximum atomic E-state index is 12.8. The lowest BCUT2D eigenvalue weighted by molar-refractivity contribution is -0.167. The molecular weight excluding hydrogens is 817 g/mol. The van der Waals surface area contributed by atoms with Gasteiger partial charge < -0.3 is 14.2 Å². The molecule has 390 valence electrons. The minimum absolute atomic E-state index is 0.0648. The highest BCUT2D eigenvalue weighted by atomic mass is 16.6. The zero-order valence-corrected chi connectivity index (χ0v) is 44.7. The number of carbonyl (C=O) groups excluding carboxylic acids is 3. The summed E-state index contributed by atoms with van der Waals surface area (Å²) >= 11 is 0. The van der Waals surface area contributed by atoms with Crippen LogP contribution in [0, 0.1) is 0 Å². The van der Waals surface area contributed by atoms with Crippen LogP contribution in [0.4, 0.5) is 0 Å². The van der Waals surface area contributed by atoms with E-state index < -0.39 is 6.10 Å². The third kappa shape index (κ3) is 53.1. The topological polar surface area (TPSA) is 78.9 Å². The number of esters is 3. The molecule has 0 N–H and O–H groups in total. The van der Waals surface area contributed by atoms with Crippen LogP contribution >= 0.6 is 0 Å². The average Bonchev–Trinajstić information content (AvgIpc) is 3.31. The maximum absolute atomic E-state index is 12.8. The van der Waals surface area contributed by atoms with Crippen molar-refractivity contribution in [2.45, 2.75) is 341 Å². The normalized spacial score (nSPS) is 12.0. The predicted octanol–water partition coefficient (Wildman–Crippen LogP) is 19.7. The molecule has 0 aromatic heterocycles. The highest BCUT2D eigenvalue weighted by molar-refractivity contribution is 5.71.